The number of fused-ring (bicyclic) bond motifs is 1. The van der Waals surface area contributed by atoms with Crippen molar-refractivity contribution in [3.05, 3.63) is 29.5 Å². The summed E-state index contributed by atoms with van der Waals surface area (Å²) >= 11 is 5.84. The van der Waals surface area contributed by atoms with Crippen molar-refractivity contribution in [2.45, 2.75) is 38.9 Å². The fourth-order valence-corrected chi connectivity index (χ4v) is 2.27. The monoisotopic (exact) mass is 290 g/mol. The lowest BCUT2D eigenvalue weighted by atomic mass is 9.79. The summed E-state index contributed by atoms with van der Waals surface area (Å²) in [5.74, 6) is 0. The third kappa shape index (κ3) is 2.20. The fraction of sp³-hybridized carbons (Fsp3) is 0.429. The summed E-state index contributed by atoms with van der Waals surface area (Å²) < 4.78 is 12.1. The van der Waals surface area contributed by atoms with Gasteiger partial charge in [0.25, 0.3) is 0 Å². The van der Waals surface area contributed by atoms with Crippen LogP contribution in [0.3, 0.4) is 0 Å². The van der Waals surface area contributed by atoms with Crippen molar-refractivity contribution in [1.29, 1.82) is 0 Å². The second-order valence-corrected chi connectivity index (χ2v) is 6.42. The molecule has 0 aliphatic carbocycles. The topological polar surface area (TPSA) is 44.2 Å². The predicted octanol–water partition coefficient (Wildman–Crippen LogP) is 2.58. The number of nitrogens with zero attached hydrogens (tertiary/aromatic N) is 2. The van der Waals surface area contributed by atoms with Gasteiger partial charge >= 0.3 is 7.12 Å². The van der Waals surface area contributed by atoms with E-state index in [1.807, 2.05) is 45.9 Å². The molecule has 0 amide bonds. The molecule has 1 aliphatic heterocycles. The van der Waals surface area contributed by atoms with Crippen LogP contribution in [-0.2, 0) is 9.31 Å². The second-order valence-electron chi connectivity index (χ2n) is 6.03. The first-order valence-corrected chi connectivity index (χ1v) is 6.94. The van der Waals surface area contributed by atoms with E-state index in [1.54, 1.807) is 0 Å². The molecule has 1 aliphatic rings. The van der Waals surface area contributed by atoms with E-state index in [0.29, 0.717) is 5.15 Å². The number of aromatic nitrogens is 2. The normalized spacial score (nSPS) is 20.6. The van der Waals surface area contributed by atoms with E-state index in [-0.39, 0.29) is 18.3 Å². The largest absolute Gasteiger partial charge is 0.494 e. The molecular formula is C14H16BClN2O2. The molecule has 20 heavy (non-hydrogen) atoms. The number of benzene rings is 1. The van der Waals surface area contributed by atoms with E-state index in [4.69, 9.17) is 20.9 Å². The Bertz CT molecular complexity index is 659. The number of hydrogen-bond acceptors (Lipinski definition) is 4. The van der Waals surface area contributed by atoms with E-state index in [2.05, 4.69) is 9.97 Å². The average Bonchev–Trinajstić information content (AvgIpc) is 2.58. The summed E-state index contributed by atoms with van der Waals surface area (Å²) in [6.07, 6.45) is 1.54. The number of rotatable bonds is 1. The van der Waals surface area contributed by atoms with Crippen molar-refractivity contribution >= 4 is 35.2 Å². The molecule has 0 saturated carbocycles. The van der Waals surface area contributed by atoms with Crippen molar-refractivity contribution in [3.8, 4) is 0 Å². The van der Waals surface area contributed by atoms with E-state index >= 15 is 0 Å². The second kappa shape index (κ2) is 4.42. The smallest absolute Gasteiger partial charge is 0.399 e. The minimum Gasteiger partial charge on any atom is -0.399 e. The van der Waals surface area contributed by atoms with Gasteiger partial charge in [0.1, 0.15) is 5.15 Å². The maximum Gasteiger partial charge on any atom is 0.494 e. The summed E-state index contributed by atoms with van der Waals surface area (Å²) in [7, 11) is -0.387. The van der Waals surface area contributed by atoms with Crippen LogP contribution in [0.15, 0.2) is 24.4 Å². The molecule has 0 radical (unpaired) electrons. The van der Waals surface area contributed by atoms with Crippen LogP contribution in [0.5, 0.6) is 0 Å². The molecular weight excluding hydrogens is 274 g/mol. The van der Waals surface area contributed by atoms with Gasteiger partial charge in [-0.1, -0.05) is 17.7 Å². The van der Waals surface area contributed by atoms with Crippen LogP contribution in [0.25, 0.3) is 11.0 Å². The summed E-state index contributed by atoms with van der Waals surface area (Å²) in [4.78, 5) is 8.50. The zero-order chi connectivity index (χ0) is 14.5. The highest BCUT2D eigenvalue weighted by molar-refractivity contribution is 6.62. The first kappa shape index (κ1) is 13.8. The van der Waals surface area contributed by atoms with E-state index in [1.165, 1.54) is 6.20 Å². The van der Waals surface area contributed by atoms with Gasteiger partial charge in [0.15, 0.2) is 0 Å². The van der Waals surface area contributed by atoms with Crippen molar-refractivity contribution < 1.29 is 9.31 Å². The molecule has 0 N–H and O–H groups in total. The number of hydrogen-bond donors (Lipinski definition) is 0. The molecule has 1 aromatic heterocycles. The molecule has 1 fully saturated rings. The third-order valence-corrected chi connectivity index (χ3v) is 4.24. The van der Waals surface area contributed by atoms with E-state index < -0.39 is 0 Å². The Hall–Kier alpha value is -1.17. The van der Waals surface area contributed by atoms with Gasteiger partial charge in [0.05, 0.1) is 28.4 Å². The van der Waals surface area contributed by atoms with Crippen LogP contribution in [0.4, 0.5) is 0 Å². The first-order valence-electron chi connectivity index (χ1n) is 6.56. The Morgan fingerprint density at radius 3 is 2.35 bits per heavy atom. The Morgan fingerprint density at radius 2 is 1.70 bits per heavy atom. The van der Waals surface area contributed by atoms with E-state index in [9.17, 15) is 0 Å². The van der Waals surface area contributed by atoms with Gasteiger partial charge in [0, 0.05) is 0 Å². The SMILES string of the molecule is CC1(C)OB(c2ccc3nc(Cl)cnc3c2)OC1(C)C. The molecule has 6 heteroatoms. The molecule has 1 aromatic carbocycles. The van der Waals surface area contributed by atoms with Crippen LogP contribution in [0.1, 0.15) is 27.7 Å². The zero-order valence-electron chi connectivity index (χ0n) is 12.0. The molecule has 104 valence electrons. The van der Waals surface area contributed by atoms with Crippen LogP contribution in [0.2, 0.25) is 5.15 Å². The molecule has 2 aromatic rings. The van der Waals surface area contributed by atoms with Crippen molar-refractivity contribution in [3.63, 3.8) is 0 Å². The third-order valence-electron chi connectivity index (χ3n) is 4.06. The lowest BCUT2D eigenvalue weighted by molar-refractivity contribution is 0.00578. The van der Waals surface area contributed by atoms with Crippen LogP contribution in [-0.4, -0.2) is 28.3 Å². The Morgan fingerprint density at radius 1 is 1.05 bits per heavy atom. The summed E-state index contributed by atoms with van der Waals surface area (Å²) in [5.41, 5.74) is 1.78. The minimum absolute atomic E-state index is 0.349. The average molecular weight is 291 g/mol. The highest BCUT2D eigenvalue weighted by Crippen LogP contribution is 2.36. The molecule has 2 heterocycles. The van der Waals surface area contributed by atoms with Crippen LogP contribution < -0.4 is 5.46 Å². The molecule has 3 rings (SSSR count). The maximum atomic E-state index is 6.03. The summed E-state index contributed by atoms with van der Waals surface area (Å²) in [5, 5.41) is 0.390. The predicted molar refractivity (Wildman–Crippen MR) is 80.3 cm³/mol. The van der Waals surface area contributed by atoms with Crippen molar-refractivity contribution in [2.75, 3.05) is 0 Å². The van der Waals surface area contributed by atoms with Crippen LogP contribution in [0, 0.1) is 0 Å². The lowest BCUT2D eigenvalue weighted by Crippen LogP contribution is -2.41. The van der Waals surface area contributed by atoms with Gasteiger partial charge in [-0.05, 0) is 45.3 Å². The van der Waals surface area contributed by atoms with Crippen molar-refractivity contribution in [1.82, 2.24) is 9.97 Å². The highest BCUT2D eigenvalue weighted by atomic mass is 35.5. The Labute approximate surface area is 123 Å². The Balaban J connectivity index is 1.98. The standard InChI is InChI=1S/C14H16BClN2O2/c1-13(2)14(3,4)20-15(19-13)9-5-6-10-11(7-9)17-8-12(16)18-10/h5-8H,1-4H3. The van der Waals surface area contributed by atoms with Gasteiger partial charge in [-0.2, -0.15) is 0 Å². The highest BCUT2D eigenvalue weighted by Gasteiger charge is 2.51. The summed E-state index contributed by atoms with van der Waals surface area (Å²) in [6.45, 7) is 8.14. The maximum absolute atomic E-state index is 6.03. The molecule has 0 unspecified atom stereocenters. The summed E-state index contributed by atoms with van der Waals surface area (Å²) in [6, 6.07) is 5.75. The number of halogens is 1. The quantitative estimate of drug-likeness (QED) is 0.757. The minimum atomic E-state index is -0.387. The van der Waals surface area contributed by atoms with Crippen molar-refractivity contribution in [2.24, 2.45) is 0 Å². The van der Waals surface area contributed by atoms with E-state index in [0.717, 1.165) is 16.5 Å². The van der Waals surface area contributed by atoms with Gasteiger partial charge in [-0.25, -0.2) is 4.98 Å². The molecule has 1 saturated heterocycles. The Kier molecular flexibility index (Phi) is 3.05. The molecule has 0 bridgehead atoms. The molecule has 0 spiro atoms. The lowest BCUT2D eigenvalue weighted by Gasteiger charge is -2.32. The fourth-order valence-electron chi connectivity index (χ4n) is 2.13. The molecule has 4 nitrogen and oxygen atoms in total. The first-order chi connectivity index (χ1) is 9.28. The van der Waals surface area contributed by atoms with Gasteiger partial charge in [0.2, 0.25) is 0 Å². The van der Waals surface area contributed by atoms with Crippen LogP contribution >= 0.6 is 11.6 Å². The van der Waals surface area contributed by atoms with Gasteiger partial charge in [-0.15, -0.1) is 0 Å². The zero-order valence-corrected chi connectivity index (χ0v) is 12.7. The van der Waals surface area contributed by atoms with Gasteiger partial charge in [-0.3, -0.25) is 4.98 Å². The van der Waals surface area contributed by atoms with Gasteiger partial charge < -0.3 is 9.31 Å². The molecule has 0 atom stereocenters.